The van der Waals surface area contributed by atoms with E-state index in [1.807, 2.05) is 55.9 Å². The minimum Gasteiger partial charge on any atom is -0.497 e. The fourth-order valence-electron chi connectivity index (χ4n) is 3.77. The van der Waals surface area contributed by atoms with E-state index in [-0.39, 0.29) is 6.09 Å². The summed E-state index contributed by atoms with van der Waals surface area (Å²) in [4.78, 5) is 20.8. The minimum atomic E-state index is -0.507. The number of aromatic nitrogens is 3. The van der Waals surface area contributed by atoms with Gasteiger partial charge in [-0.15, -0.1) is 0 Å². The van der Waals surface area contributed by atoms with Crippen molar-refractivity contribution in [2.45, 2.75) is 32.9 Å². The highest BCUT2D eigenvalue weighted by atomic mass is 35.5. The van der Waals surface area contributed by atoms with Crippen LogP contribution in [0.15, 0.2) is 36.7 Å². The summed E-state index contributed by atoms with van der Waals surface area (Å²) in [5.74, 6) is 0.816. The maximum atomic E-state index is 12.4. The van der Waals surface area contributed by atoms with Gasteiger partial charge in [-0.2, -0.15) is 5.10 Å². The number of methoxy groups -OCH3 is 1. The first-order valence-corrected chi connectivity index (χ1v) is 11.0. The molecule has 1 amide bonds. The van der Waals surface area contributed by atoms with Crippen LogP contribution in [0.3, 0.4) is 0 Å². The van der Waals surface area contributed by atoms with Crippen LogP contribution in [0.5, 0.6) is 5.75 Å². The number of hydrogen-bond acceptors (Lipinski definition) is 6. The molecular formula is C23H28ClN5O3. The summed E-state index contributed by atoms with van der Waals surface area (Å²) in [5.41, 5.74) is 2.27. The van der Waals surface area contributed by atoms with Crippen LogP contribution in [0.25, 0.3) is 11.0 Å². The van der Waals surface area contributed by atoms with Crippen LogP contribution < -0.4 is 9.64 Å². The van der Waals surface area contributed by atoms with Gasteiger partial charge in [0.15, 0.2) is 5.65 Å². The first-order valence-electron chi connectivity index (χ1n) is 10.6. The number of halogens is 1. The first kappa shape index (κ1) is 22.2. The highest BCUT2D eigenvalue weighted by Gasteiger charge is 2.28. The van der Waals surface area contributed by atoms with Gasteiger partial charge in [0.1, 0.15) is 11.4 Å². The third-order valence-electron chi connectivity index (χ3n) is 5.33. The molecule has 0 bridgehead atoms. The number of rotatable bonds is 4. The number of amides is 1. The molecule has 3 aromatic rings. The van der Waals surface area contributed by atoms with Crippen molar-refractivity contribution in [3.63, 3.8) is 0 Å². The lowest BCUT2D eigenvalue weighted by Crippen LogP contribution is -2.50. The second-order valence-electron chi connectivity index (χ2n) is 8.80. The van der Waals surface area contributed by atoms with Crippen LogP contribution in [0.1, 0.15) is 26.3 Å². The molecule has 0 atom stereocenters. The van der Waals surface area contributed by atoms with Crippen molar-refractivity contribution < 1.29 is 14.3 Å². The number of piperazine rings is 1. The zero-order valence-corrected chi connectivity index (χ0v) is 19.6. The van der Waals surface area contributed by atoms with E-state index in [0.29, 0.717) is 37.7 Å². The van der Waals surface area contributed by atoms with Gasteiger partial charge >= 0.3 is 6.09 Å². The van der Waals surface area contributed by atoms with E-state index < -0.39 is 5.60 Å². The predicted octanol–water partition coefficient (Wildman–Crippen LogP) is 4.20. The summed E-state index contributed by atoms with van der Waals surface area (Å²) in [7, 11) is 1.65. The van der Waals surface area contributed by atoms with E-state index >= 15 is 0 Å². The molecule has 1 aromatic carbocycles. The Kier molecular flexibility index (Phi) is 6.15. The molecule has 9 heteroatoms. The SMILES string of the molecule is COc1ccc(Cn2ncc3c(N4CCN(C(=O)OC(C)(C)C)CC4)c(Cl)cnc32)cc1. The van der Waals surface area contributed by atoms with Crippen LogP contribution in [-0.2, 0) is 11.3 Å². The summed E-state index contributed by atoms with van der Waals surface area (Å²) >= 11 is 6.57. The van der Waals surface area contributed by atoms with Gasteiger partial charge in [-0.25, -0.2) is 14.5 Å². The number of ether oxygens (including phenoxy) is 2. The molecule has 0 N–H and O–H groups in total. The van der Waals surface area contributed by atoms with Gasteiger partial charge in [-0.3, -0.25) is 0 Å². The maximum Gasteiger partial charge on any atom is 0.410 e. The lowest BCUT2D eigenvalue weighted by Gasteiger charge is -2.37. The van der Waals surface area contributed by atoms with Crippen molar-refractivity contribution in [2.75, 3.05) is 38.2 Å². The summed E-state index contributed by atoms with van der Waals surface area (Å²) in [5, 5.41) is 6.04. The molecule has 8 nitrogen and oxygen atoms in total. The topological polar surface area (TPSA) is 72.7 Å². The van der Waals surface area contributed by atoms with Crippen LogP contribution >= 0.6 is 11.6 Å². The van der Waals surface area contributed by atoms with Crippen LogP contribution in [0.2, 0.25) is 5.02 Å². The lowest BCUT2D eigenvalue weighted by atomic mass is 10.2. The van der Waals surface area contributed by atoms with Crippen molar-refractivity contribution in [1.29, 1.82) is 0 Å². The van der Waals surface area contributed by atoms with Crippen molar-refractivity contribution in [1.82, 2.24) is 19.7 Å². The highest BCUT2D eigenvalue weighted by Crippen LogP contribution is 2.34. The average molecular weight is 458 g/mol. The fourth-order valence-corrected chi connectivity index (χ4v) is 4.04. The third-order valence-corrected chi connectivity index (χ3v) is 5.61. The Balaban J connectivity index is 1.52. The maximum absolute atomic E-state index is 12.4. The Labute approximate surface area is 192 Å². The van der Waals surface area contributed by atoms with E-state index in [1.165, 1.54) is 0 Å². The van der Waals surface area contributed by atoms with Crippen molar-refractivity contribution in [3.05, 3.63) is 47.2 Å². The Morgan fingerprint density at radius 3 is 2.41 bits per heavy atom. The molecule has 0 radical (unpaired) electrons. The molecule has 170 valence electrons. The molecule has 1 saturated heterocycles. The van der Waals surface area contributed by atoms with Gasteiger partial charge in [-0.1, -0.05) is 23.7 Å². The zero-order valence-electron chi connectivity index (χ0n) is 18.8. The van der Waals surface area contributed by atoms with Crippen LogP contribution in [0, 0.1) is 0 Å². The van der Waals surface area contributed by atoms with E-state index in [1.54, 1.807) is 18.2 Å². The molecule has 0 saturated carbocycles. The number of fused-ring (bicyclic) bond motifs is 1. The number of nitrogens with zero attached hydrogens (tertiary/aromatic N) is 5. The van der Waals surface area contributed by atoms with Gasteiger partial charge in [0.05, 0.1) is 42.1 Å². The summed E-state index contributed by atoms with van der Waals surface area (Å²) < 4.78 is 12.6. The first-order chi connectivity index (χ1) is 15.2. The second-order valence-corrected chi connectivity index (χ2v) is 9.20. The second kappa shape index (κ2) is 8.86. The molecule has 0 aliphatic carbocycles. The van der Waals surface area contributed by atoms with Gasteiger partial charge < -0.3 is 19.3 Å². The number of benzene rings is 1. The molecule has 3 heterocycles. The number of hydrogen-bond donors (Lipinski definition) is 0. The Hall–Kier alpha value is -3.00. The molecule has 32 heavy (non-hydrogen) atoms. The fraction of sp³-hybridized carbons (Fsp3) is 0.435. The van der Waals surface area contributed by atoms with Crippen LogP contribution in [0.4, 0.5) is 10.5 Å². The molecule has 2 aromatic heterocycles. The largest absolute Gasteiger partial charge is 0.497 e. The number of anilines is 1. The van der Waals surface area contributed by atoms with Gasteiger partial charge in [-0.05, 0) is 38.5 Å². The molecule has 1 aliphatic heterocycles. The van der Waals surface area contributed by atoms with E-state index in [9.17, 15) is 4.79 Å². The number of pyridine rings is 1. The summed E-state index contributed by atoms with van der Waals surface area (Å²) in [6.45, 7) is 8.65. The van der Waals surface area contributed by atoms with Crippen molar-refractivity contribution in [2.24, 2.45) is 0 Å². The molecule has 1 aliphatic rings. The Morgan fingerprint density at radius 2 is 1.78 bits per heavy atom. The summed E-state index contributed by atoms with van der Waals surface area (Å²) in [6, 6.07) is 7.89. The quantitative estimate of drug-likeness (QED) is 0.584. The standard InChI is InChI=1S/C23H28ClN5O3/c1-23(2,3)32-22(30)28-11-9-27(10-12-28)20-18-13-26-29(21(18)25-14-19(20)24)15-16-5-7-17(31-4)8-6-16/h5-8,13-14H,9-12,15H2,1-4H3. The Morgan fingerprint density at radius 1 is 1.09 bits per heavy atom. The molecule has 4 rings (SSSR count). The molecular weight excluding hydrogens is 430 g/mol. The van der Waals surface area contributed by atoms with Crippen molar-refractivity contribution in [3.8, 4) is 5.75 Å². The third kappa shape index (κ3) is 4.75. The monoisotopic (exact) mass is 457 g/mol. The zero-order chi connectivity index (χ0) is 22.9. The number of carbonyl (C=O) groups excluding carboxylic acids is 1. The smallest absolute Gasteiger partial charge is 0.410 e. The highest BCUT2D eigenvalue weighted by molar-refractivity contribution is 6.34. The predicted molar refractivity (Wildman–Crippen MR) is 125 cm³/mol. The normalized spacial score (nSPS) is 14.7. The van der Waals surface area contributed by atoms with E-state index in [0.717, 1.165) is 28.0 Å². The molecule has 0 spiro atoms. The van der Waals surface area contributed by atoms with E-state index in [2.05, 4.69) is 15.0 Å². The van der Waals surface area contributed by atoms with E-state index in [4.69, 9.17) is 21.1 Å². The van der Waals surface area contributed by atoms with Crippen LogP contribution in [-0.4, -0.2) is 64.6 Å². The van der Waals surface area contributed by atoms with Gasteiger partial charge in [0.2, 0.25) is 0 Å². The lowest BCUT2D eigenvalue weighted by molar-refractivity contribution is 0.0240. The molecule has 0 unspecified atom stereocenters. The molecule has 1 fully saturated rings. The Bertz CT molecular complexity index is 1100. The van der Waals surface area contributed by atoms with Gasteiger partial charge in [0, 0.05) is 26.2 Å². The summed E-state index contributed by atoms with van der Waals surface area (Å²) in [6.07, 6.45) is 3.20. The van der Waals surface area contributed by atoms with Crippen molar-refractivity contribution >= 4 is 34.4 Å². The van der Waals surface area contributed by atoms with Gasteiger partial charge in [0.25, 0.3) is 0 Å². The minimum absolute atomic E-state index is 0.282. The number of carbonyl (C=O) groups is 1. The average Bonchev–Trinajstić information content (AvgIpc) is 3.15.